The van der Waals surface area contributed by atoms with Crippen LogP contribution < -0.4 is 10.4 Å². The molecule has 0 aliphatic heterocycles. The van der Waals surface area contributed by atoms with Crippen molar-refractivity contribution in [1.82, 2.24) is 0 Å². The summed E-state index contributed by atoms with van der Waals surface area (Å²) < 4.78 is 26.1. The van der Waals surface area contributed by atoms with E-state index in [0.717, 1.165) is 5.56 Å². The molecule has 0 radical (unpaired) electrons. The molecule has 0 saturated heterocycles. The number of aliphatic hydroxyl groups is 3. The highest BCUT2D eigenvalue weighted by molar-refractivity contribution is 7.46. The molecular weight excluding hydrogens is 395 g/mol. The van der Waals surface area contributed by atoms with Gasteiger partial charge in [0.25, 0.3) is 0 Å². The summed E-state index contributed by atoms with van der Waals surface area (Å²) in [6.07, 6.45) is -5.50. The van der Waals surface area contributed by atoms with Crippen LogP contribution in [0.15, 0.2) is 33.5 Å². The van der Waals surface area contributed by atoms with Gasteiger partial charge >= 0.3 is 13.4 Å². The molecule has 1 aromatic carbocycles. The van der Waals surface area contributed by atoms with Gasteiger partial charge in [-0.05, 0) is 31.0 Å². The maximum Gasteiger partial charge on any atom is 0.469 e. The maximum absolute atomic E-state index is 11.5. The van der Waals surface area contributed by atoms with E-state index < -0.39 is 50.4 Å². The van der Waals surface area contributed by atoms with Gasteiger partial charge in [0.05, 0.1) is 12.7 Å². The van der Waals surface area contributed by atoms with Crippen LogP contribution in [0.5, 0.6) is 5.75 Å². The Balaban J connectivity index is 1.80. The second kappa shape index (κ2) is 7.92. The largest absolute Gasteiger partial charge is 0.487 e. The molecular formula is C17H21O10P. The second-order valence-corrected chi connectivity index (χ2v) is 8.06. The molecule has 0 bridgehead atoms. The third-order valence-corrected chi connectivity index (χ3v) is 5.25. The first-order valence-corrected chi connectivity index (χ1v) is 10.0. The topological polar surface area (TPSA) is 167 Å². The minimum Gasteiger partial charge on any atom is -0.487 e. The maximum atomic E-state index is 11.5. The van der Waals surface area contributed by atoms with Crippen LogP contribution in [0.4, 0.5) is 0 Å². The quantitative estimate of drug-likeness (QED) is 0.332. The number of hydrogen-bond acceptors (Lipinski definition) is 8. The number of phosphoric acid groups is 1. The van der Waals surface area contributed by atoms with Crippen molar-refractivity contribution in [2.75, 3.05) is 6.61 Å². The lowest BCUT2D eigenvalue weighted by Gasteiger charge is -2.40. The van der Waals surface area contributed by atoms with Crippen molar-refractivity contribution in [3.05, 3.63) is 40.2 Å². The van der Waals surface area contributed by atoms with E-state index in [2.05, 4.69) is 4.52 Å². The third-order valence-electron chi connectivity index (χ3n) is 4.77. The van der Waals surface area contributed by atoms with E-state index in [1.54, 1.807) is 19.1 Å². The molecule has 0 spiro atoms. The van der Waals surface area contributed by atoms with E-state index in [-0.39, 0.29) is 17.8 Å². The van der Waals surface area contributed by atoms with Crippen LogP contribution in [-0.4, -0.2) is 56.1 Å². The lowest BCUT2D eigenvalue weighted by Crippen LogP contribution is -2.56. The third kappa shape index (κ3) is 4.61. The zero-order valence-electron chi connectivity index (χ0n) is 14.8. The lowest BCUT2D eigenvalue weighted by atomic mass is 9.81. The molecule has 0 unspecified atom stereocenters. The Morgan fingerprint density at radius 2 is 1.86 bits per heavy atom. The van der Waals surface area contributed by atoms with Crippen LogP contribution >= 0.6 is 7.82 Å². The zero-order valence-corrected chi connectivity index (χ0v) is 15.7. The molecule has 28 heavy (non-hydrogen) atoms. The van der Waals surface area contributed by atoms with Crippen LogP contribution in [0.2, 0.25) is 0 Å². The van der Waals surface area contributed by atoms with Crippen molar-refractivity contribution in [2.24, 2.45) is 5.92 Å². The summed E-state index contributed by atoms with van der Waals surface area (Å²) >= 11 is 0. The van der Waals surface area contributed by atoms with Crippen LogP contribution in [0.1, 0.15) is 12.0 Å². The normalized spacial score (nSPS) is 28.4. The fraction of sp³-hybridized carbons (Fsp3) is 0.471. The van der Waals surface area contributed by atoms with Gasteiger partial charge in [-0.2, -0.15) is 0 Å². The van der Waals surface area contributed by atoms with Gasteiger partial charge in [0.1, 0.15) is 29.6 Å². The van der Waals surface area contributed by atoms with Crippen molar-refractivity contribution >= 4 is 18.8 Å². The van der Waals surface area contributed by atoms with Crippen molar-refractivity contribution in [3.8, 4) is 5.75 Å². The number of aryl methyl sites for hydroxylation is 1. The summed E-state index contributed by atoms with van der Waals surface area (Å²) in [5.74, 6) is -0.625. The molecule has 1 saturated carbocycles. The van der Waals surface area contributed by atoms with Gasteiger partial charge < -0.3 is 34.3 Å². The van der Waals surface area contributed by atoms with Gasteiger partial charge in [0.2, 0.25) is 0 Å². The molecule has 1 heterocycles. The standard InChI is InChI=1S/C17H21O10P/c1-8-4-14(18)27-12-6-10(2-3-11(8)12)26-13-5-9(7-25-28(22,23)24)15(19)17(21)16(13)20/h2-4,6,9,13,15-17,19-21H,5,7H2,1H3,(H2,22,23,24)/t9-,13-,15-,16+,17+/m1/s1. The van der Waals surface area contributed by atoms with Gasteiger partial charge in [-0.1, -0.05) is 0 Å². The van der Waals surface area contributed by atoms with Gasteiger partial charge in [-0.3, -0.25) is 4.52 Å². The molecule has 0 amide bonds. The Hall–Kier alpha value is -1.78. The van der Waals surface area contributed by atoms with E-state index in [1.165, 1.54) is 12.1 Å². The smallest absolute Gasteiger partial charge is 0.469 e. The van der Waals surface area contributed by atoms with E-state index >= 15 is 0 Å². The van der Waals surface area contributed by atoms with E-state index in [4.69, 9.17) is 18.9 Å². The zero-order chi connectivity index (χ0) is 20.6. The van der Waals surface area contributed by atoms with Crippen molar-refractivity contribution in [1.29, 1.82) is 0 Å². The summed E-state index contributed by atoms with van der Waals surface area (Å²) in [4.78, 5) is 29.2. The van der Waals surface area contributed by atoms with Crippen LogP contribution in [-0.2, 0) is 9.09 Å². The Morgan fingerprint density at radius 1 is 1.14 bits per heavy atom. The van der Waals surface area contributed by atoms with Crippen LogP contribution in [0, 0.1) is 12.8 Å². The second-order valence-electron chi connectivity index (χ2n) is 6.82. The minimum atomic E-state index is -4.76. The SMILES string of the molecule is Cc1cc(=O)oc2cc(O[C@@H]3C[C@H](COP(=O)(O)O)[C@@H](O)[C@H](O)[C@H]3O)ccc12. The molecule has 3 rings (SSSR count). The Bertz CT molecular complexity index is 951. The number of aliphatic hydroxyl groups excluding tert-OH is 3. The van der Waals surface area contributed by atoms with Crippen LogP contribution in [0.3, 0.4) is 0 Å². The van der Waals surface area contributed by atoms with Crippen molar-refractivity contribution in [2.45, 2.75) is 37.8 Å². The molecule has 11 heteroatoms. The average molecular weight is 416 g/mol. The van der Waals surface area contributed by atoms with Gasteiger partial charge in [-0.15, -0.1) is 0 Å². The van der Waals surface area contributed by atoms with E-state index in [9.17, 15) is 24.7 Å². The average Bonchev–Trinajstić information content (AvgIpc) is 2.60. The van der Waals surface area contributed by atoms with Crippen molar-refractivity contribution < 1.29 is 43.3 Å². The molecule has 10 nitrogen and oxygen atoms in total. The predicted molar refractivity (Wildman–Crippen MR) is 95.8 cm³/mol. The highest BCUT2D eigenvalue weighted by atomic mass is 31.2. The first-order valence-electron chi connectivity index (χ1n) is 8.50. The van der Waals surface area contributed by atoms with E-state index in [0.29, 0.717) is 5.39 Å². The molecule has 1 fully saturated rings. The number of phosphoric ester groups is 1. The molecule has 1 aliphatic carbocycles. The highest BCUT2D eigenvalue weighted by Gasteiger charge is 2.44. The molecule has 5 atom stereocenters. The van der Waals surface area contributed by atoms with Gasteiger partial charge in [0.15, 0.2) is 0 Å². The number of fused-ring (bicyclic) bond motifs is 1. The minimum absolute atomic E-state index is 0.0325. The Morgan fingerprint density at radius 3 is 2.54 bits per heavy atom. The predicted octanol–water partition coefficient (Wildman–Crippen LogP) is 0.0607. The molecule has 1 aliphatic rings. The van der Waals surface area contributed by atoms with Gasteiger partial charge in [-0.25, -0.2) is 9.36 Å². The summed E-state index contributed by atoms with van der Waals surface area (Å²) in [5, 5.41) is 31.0. The van der Waals surface area contributed by atoms with Crippen LogP contribution in [0.25, 0.3) is 11.0 Å². The Kier molecular flexibility index (Phi) is 5.92. The summed E-state index contributed by atoms with van der Waals surface area (Å²) in [6, 6.07) is 6.10. The fourth-order valence-electron chi connectivity index (χ4n) is 3.31. The Labute approximate surface area is 159 Å². The first-order chi connectivity index (χ1) is 13.0. The fourth-order valence-corrected chi connectivity index (χ4v) is 3.69. The molecule has 5 N–H and O–H groups in total. The molecule has 1 aromatic heterocycles. The monoisotopic (exact) mass is 416 g/mol. The van der Waals surface area contributed by atoms with E-state index in [1.807, 2.05) is 0 Å². The highest BCUT2D eigenvalue weighted by Crippen LogP contribution is 2.39. The summed E-state index contributed by atoms with van der Waals surface area (Å²) in [5.41, 5.74) is 0.492. The summed E-state index contributed by atoms with van der Waals surface area (Å²) in [7, 11) is -4.76. The van der Waals surface area contributed by atoms with Gasteiger partial charge in [0, 0.05) is 23.4 Å². The first kappa shape index (κ1) is 20.9. The number of benzene rings is 1. The lowest BCUT2D eigenvalue weighted by molar-refractivity contribution is -0.156. The molecule has 154 valence electrons. The number of hydrogen-bond donors (Lipinski definition) is 5. The number of rotatable bonds is 5. The molecule has 2 aromatic rings. The number of ether oxygens (including phenoxy) is 1. The van der Waals surface area contributed by atoms with Crippen molar-refractivity contribution in [3.63, 3.8) is 0 Å². The summed E-state index contributed by atoms with van der Waals surface area (Å²) in [6.45, 7) is 1.23.